The standard InChI is InChI=1S/C10H6N4OS/c11-4-7-2-1-3-12-9(7)14-10(15)8-5-16-6-13-8/h1-3,5-6H,(H,12,14,15). The van der Waals surface area contributed by atoms with Crippen molar-refractivity contribution >= 4 is 23.1 Å². The number of amides is 1. The van der Waals surface area contributed by atoms with Gasteiger partial charge in [-0.2, -0.15) is 5.26 Å². The summed E-state index contributed by atoms with van der Waals surface area (Å²) < 4.78 is 0. The molecule has 0 saturated carbocycles. The van der Waals surface area contributed by atoms with Crippen LogP contribution in [0.25, 0.3) is 0 Å². The number of nitriles is 1. The van der Waals surface area contributed by atoms with Crippen LogP contribution in [0.5, 0.6) is 0 Å². The molecule has 1 amide bonds. The highest BCUT2D eigenvalue weighted by Crippen LogP contribution is 2.11. The number of aromatic nitrogens is 2. The predicted octanol–water partition coefficient (Wildman–Crippen LogP) is 1.66. The molecule has 1 N–H and O–H groups in total. The Bertz CT molecular complexity index is 544. The third-order valence-electron chi connectivity index (χ3n) is 1.83. The van der Waals surface area contributed by atoms with Gasteiger partial charge in [-0.15, -0.1) is 11.3 Å². The van der Waals surface area contributed by atoms with Gasteiger partial charge < -0.3 is 5.32 Å². The molecular weight excluding hydrogens is 224 g/mol. The minimum Gasteiger partial charge on any atom is -0.304 e. The van der Waals surface area contributed by atoms with Crippen molar-refractivity contribution in [2.45, 2.75) is 0 Å². The van der Waals surface area contributed by atoms with Gasteiger partial charge >= 0.3 is 0 Å². The molecule has 0 saturated heterocycles. The van der Waals surface area contributed by atoms with Crippen molar-refractivity contribution in [3.8, 4) is 6.07 Å². The molecule has 2 aromatic rings. The third-order valence-corrected chi connectivity index (χ3v) is 2.41. The van der Waals surface area contributed by atoms with Crippen molar-refractivity contribution in [2.75, 3.05) is 5.32 Å². The first-order valence-corrected chi connectivity index (χ1v) is 5.30. The summed E-state index contributed by atoms with van der Waals surface area (Å²) in [5.74, 6) is -0.112. The van der Waals surface area contributed by atoms with Crippen LogP contribution in [0.15, 0.2) is 29.2 Å². The lowest BCUT2D eigenvalue weighted by atomic mass is 10.3. The minimum atomic E-state index is -0.364. The van der Waals surface area contributed by atoms with Gasteiger partial charge in [0.1, 0.15) is 11.8 Å². The van der Waals surface area contributed by atoms with E-state index >= 15 is 0 Å². The minimum absolute atomic E-state index is 0.253. The van der Waals surface area contributed by atoms with E-state index in [9.17, 15) is 4.79 Å². The van der Waals surface area contributed by atoms with Crippen LogP contribution < -0.4 is 5.32 Å². The van der Waals surface area contributed by atoms with Crippen molar-refractivity contribution in [1.29, 1.82) is 5.26 Å². The number of anilines is 1. The van der Waals surface area contributed by atoms with Gasteiger partial charge in [-0.3, -0.25) is 4.79 Å². The van der Waals surface area contributed by atoms with Crippen LogP contribution in [-0.2, 0) is 0 Å². The Kier molecular flexibility index (Phi) is 2.89. The highest BCUT2D eigenvalue weighted by Gasteiger charge is 2.10. The Hall–Kier alpha value is -2.26. The average molecular weight is 230 g/mol. The van der Waals surface area contributed by atoms with Gasteiger partial charge in [-0.25, -0.2) is 9.97 Å². The molecule has 0 radical (unpaired) electrons. The zero-order chi connectivity index (χ0) is 11.4. The van der Waals surface area contributed by atoms with Crippen LogP contribution in [0.2, 0.25) is 0 Å². The predicted molar refractivity (Wildman–Crippen MR) is 59.0 cm³/mol. The first kappa shape index (κ1) is 10.3. The second-order valence-corrected chi connectivity index (χ2v) is 3.56. The molecule has 0 aromatic carbocycles. The number of nitrogens with one attached hydrogen (secondary N) is 1. The molecule has 16 heavy (non-hydrogen) atoms. The van der Waals surface area contributed by atoms with E-state index in [1.807, 2.05) is 6.07 Å². The summed E-state index contributed by atoms with van der Waals surface area (Å²) in [7, 11) is 0. The van der Waals surface area contributed by atoms with Crippen molar-refractivity contribution in [3.05, 3.63) is 40.5 Å². The molecule has 6 heteroatoms. The Morgan fingerprint density at radius 3 is 3.06 bits per heavy atom. The number of carbonyl (C=O) groups excluding carboxylic acids is 1. The second kappa shape index (κ2) is 4.51. The molecule has 0 fully saturated rings. The van der Waals surface area contributed by atoms with Crippen molar-refractivity contribution in [1.82, 2.24) is 9.97 Å². The summed E-state index contributed by atoms with van der Waals surface area (Å²) in [6.45, 7) is 0. The fourth-order valence-electron chi connectivity index (χ4n) is 1.09. The van der Waals surface area contributed by atoms with E-state index in [1.54, 1.807) is 23.0 Å². The highest BCUT2D eigenvalue weighted by molar-refractivity contribution is 7.07. The third kappa shape index (κ3) is 2.04. The van der Waals surface area contributed by atoms with E-state index in [-0.39, 0.29) is 11.7 Å². The number of nitrogens with zero attached hydrogens (tertiary/aromatic N) is 3. The number of hydrogen-bond donors (Lipinski definition) is 1. The normalized spacial score (nSPS) is 9.44. The topological polar surface area (TPSA) is 78.7 Å². The smallest absolute Gasteiger partial charge is 0.276 e. The summed E-state index contributed by atoms with van der Waals surface area (Å²) in [4.78, 5) is 19.4. The maximum atomic E-state index is 11.6. The monoisotopic (exact) mass is 230 g/mol. The van der Waals surface area contributed by atoms with E-state index in [0.29, 0.717) is 11.3 Å². The molecule has 2 heterocycles. The molecule has 0 unspecified atom stereocenters. The molecule has 2 rings (SSSR count). The van der Waals surface area contributed by atoms with E-state index in [4.69, 9.17) is 5.26 Å². The fourth-order valence-corrected chi connectivity index (χ4v) is 1.62. The molecular formula is C10H6N4OS. The lowest BCUT2D eigenvalue weighted by Gasteiger charge is -2.02. The molecule has 0 aliphatic carbocycles. The molecule has 0 bridgehead atoms. The lowest BCUT2D eigenvalue weighted by molar-refractivity contribution is 0.102. The van der Waals surface area contributed by atoms with Crippen molar-refractivity contribution in [2.24, 2.45) is 0 Å². The maximum absolute atomic E-state index is 11.6. The molecule has 0 atom stereocenters. The van der Waals surface area contributed by atoms with Crippen molar-refractivity contribution in [3.63, 3.8) is 0 Å². The van der Waals surface area contributed by atoms with E-state index in [1.165, 1.54) is 17.5 Å². The Balaban J connectivity index is 2.22. The molecule has 5 nitrogen and oxygen atoms in total. The number of carbonyl (C=O) groups is 1. The summed E-state index contributed by atoms with van der Waals surface area (Å²) in [6, 6.07) is 5.17. The summed E-state index contributed by atoms with van der Waals surface area (Å²) >= 11 is 1.33. The van der Waals surface area contributed by atoms with E-state index in [2.05, 4.69) is 15.3 Å². The van der Waals surface area contributed by atoms with Crippen LogP contribution in [0, 0.1) is 11.3 Å². The number of rotatable bonds is 2. The fraction of sp³-hybridized carbons (Fsp3) is 0. The van der Waals surface area contributed by atoms with Gasteiger partial charge in [0.25, 0.3) is 5.91 Å². The Morgan fingerprint density at radius 1 is 1.50 bits per heavy atom. The molecule has 78 valence electrons. The maximum Gasteiger partial charge on any atom is 0.276 e. The quantitative estimate of drug-likeness (QED) is 0.850. The van der Waals surface area contributed by atoms with Crippen LogP contribution >= 0.6 is 11.3 Å². The van der Waals surface area contributed by atoms with Crippen LogP contribution in [0.3, 0.4) is 0 Å². The average Bonchev–Trinajstić information content (AvgIpc) is 2.83. The van der Waals surface area contributed by atoms with Gasteiger partial charge in [-0.1, -0.05) is 0 Å². The van der Waals surface area contributed by atoms with Gasteiger partial charge in [0.15, 0.2) is 5.82 Å². The first-order chi connectivity index (χ1) is 7.81. The van der Waals surface area contributed by atoms with Crippen LogP contribution in [-0.4, -0.2) is 15.9 Å². The Labute approximate surface area is 95.4 Å². The van der Waals surface area contributed by atoms with Gasteiger partial charge in [-0.05, 0) is 12.1 Å². The number of pyridine rings is 1. The van der Waals surface area contributed by atoms with Gasteiger partial charge in [0.2, 0.25) is 0 Å². The lowest BCUT2D eigenvalue weighted by Crippen LogP contribution is -2.14. The second-order valence-electron chi connectivity index (χ2n) is 2.84. The number of hydrogen-bond acceptors (Lipinski definition) is 5. The highest BCUT2D eigenvalue weighted by atomic mass is 32.1. The summed E-state index contributed by atoms with van der Waals surface area (Å²) in [5, 5.41) is 13.0. The molecule has 0 aliphatic rings. The molecule has 2 aromatic heterocycles. The van der Waals surface area contributed by atoms with Crippen LogP contribution in [0.1, 0.15) is 16.1 Å². The number of thiazole rings is 1. The Morgan fingerprint density at radius 2 is 2.38 bits per heavy atom. The molecule has 0 aliphatic heterocycles. The van der Waals surface area contributed by atoms with E-state index in [0.717, 1.165) is 0 Å². The summed E-state index contributed by atoms with van der Waals surface area (Å²) in [5.41, 5.74) is 2.21. The first-order valence-electron chi connectivity index (χ1n) is 4.36. The van der Waals surface area contributed by atoms with Crippen LogP contribution in [0.4, 0.5) is 5.82 Å². The zero-order valence-electron chi connectivity index (χ0n) is 8.04. The summed E-state index contributed by atoms with van der Waals surface area (Å²) in [6.07, 6.45) is 1.51. The SMILES string of the molecule is N#Cc1cccnc1NC(=O)c1cscn1. The van der Waals surface area contributed by atoms with Gasteiger partial charge in [0.05, 0.1) is 11.1 Å². The van der Waals surface area contributed by atoms with Gasteiger partial charge in [0, 0.05) is 11.6 Å². The zero-order valence-corrected chi connectivity index (χ0v) is 8.86. The molecule has 0 spiro atoms. The largest absolute Gasteiger partial charge is 0.304 e. The van der Waals surface area contributed by atoms with E-state index < -0.39 is 0 Å². The van der Waals surface area contributed by atoms with Crippen molar-refractivity contribution < 1.29 is 4.79 Å².